The first-order valence-electron chi connectivity index (χ1n) is 8.15. The summed E-state index contributed by atoms with van der Waals surface area (Å²) in [4.78, 5) is 20.0. The Morgan fingerprint density at radius 2 is 2.17 bits per heavy atom. The molecule has 2 heterocycles. The van der Waals surface area contributed by atoms with Crippen LogP contribution in [0.25, 0.3) is 6.08 Å². The minimum Gasteiger partial charge on any atom is -0.311 e. The number of hydrogen-bond donors (Lipinski definition) is 0. The topological polar surface area (TPSA) is 50.3 Å². The molecule has 1 aromatic heterocycles. The zero-order valence-electron chi connectivity index (χ0n) is 13.2. The number of fused-ring (bicyclic) bond motifs is 2. The number of anilines is 1. The van der Waals surface area contributed by atoms with E-state index in [1.807, 2.05) is 24.3 Å². The first kappa shape index (κ1) is 15.7. The standard InChI is InChI=1S/C18H18N2O2S2/c21-17(20-11-5-7-13-6-1-3-9-15(13)20)12-24(22)18-19-14-8-2-4-10-16(14)23-18/h1,3-4,6,9-10H,2,5,7-8,11-12H2. The molecule has 1 aliphatic carbocycles. The van der Waals surface area contributed by atoms with E-state index in [-0.39, 0.29) is 11.7 Å². The van der Waals surface area contributed by atoms with Crippen molar-refractivity contribution < 1.29 is 9.00 Å². The van der Waals surface area contributed by atoms with Crippen molar-refractivity contribution in [2.24, 2.45) is 0 Å². The third-order valence-electron chi connectivity index (χ3n) is 4.39. The summed E-state index contributed by atoms with van der Waals surface area (Å²) < 4.78 is 13.2. The summed E-state index contributed by atoms with van der Waals surface area (Å²) in [6.07, 6.45) is 7.97. The number of nitrogens with zero attached hydrogens (tertiary/aromatic N) is 2. The molecule has 1 aliphatic heterocycles. The van der Waals surface area contributed by atoms with Crippen LogP contribution in [0.1, 0.15) is 29.0 Å². The van der Waals surface area contributed by atoms with Crippen molar-refractivity contribution in [1.82, 2.24) is 4.98 Å². The Morgan fingerprint density at radius 3 is 3.04 bits per heavy atom. The quantitative estimate of drug-likeness (QED) is 0.847. The van der Waals surface area contributed by atoms with Crippen molar-refractivity contribution in [1.29, 1.82) is 0 Å². The van der Waals surface area contributed by atoms with E-state index in [1.165, 1.54) is 16.9 Å². The largest absolute Gasteiger partial charge is 0.311 e. The molecule has 4 nitrogen and oxygen atoms in total. The van der Waals surface area contributed by atoms with Crippen molar-refractivity contribution in [2.45, 2.75) is 30.0 Å². The van der Waals surface area contributed by atoms with Crippen LogP contribution in [0.5, 0.6) is 0 Å². The zero-order chi connectivity index (χ0) is 16.5. The molecule has 0 spiro atoms. The number of aryl methyl sites for hydroxylation is 2. The van der Waals surface area contributed by atoms with E-state index in [0.717, 1.165) is 41.9 Å². The third kappa shape index (κ3) is 2.96. The van der Waals surface area contributed by atoms with E-state index in [1.54, 1.807) is 4.90 Å². The average Bonchev–Trinajstić information content (AvgIpc) is 3.05. The number of allylic oxidation sites excluding steroid dienone is 1. The van der Waals surface area contributed by atoms with Gasteiger partial charge in [0.25, 0.3) is 0 Å². The fourth-order valence-electron chi connectivity index (χ4n) is 3.20. The smallest absolute Gasteiger partial charge is 0.240 e. The molecule has 1 aromatic carbocycles. The van der Waals surface area contributed by atoms with Gasteiger partial charge in [-0.05, 0) is 43.4 Å². The van der Waals surface area contributed by atoms with E-state index in [0.29, 0.717) is 10.9 Å². The Morgan fingerprint density at radius 1 is 1.29 bits per heavy atom. The van der Waals surface area contributed by atoms with Gasteiger partial charge in [-0.25, -0.2) is 4.98 Å². The highest BCUT2D eigenvalue weighted by atomic mass is 32.2. The molecule has 4 rings (SSSR count). The van der Waals surface area contributed by atoms with Crippen LogP contribution < -0.4 is 4.90 Å². The normalized spacial score (nSPS) is 17.2. The maximum absolute atomic E-state index is 12.7. The summed E-state index contributed by atoms with van der Waals surface area (Å²) in [5, 5.41) is 0. The summed E-state index contributed by atoms with van der Waals surface area (Å²) >= 11 is 1.45. The Hall–Kier alpha value is -1.79. The van der Waals surface area contributed by atoms with Gasteiger partial charge in [-0.3, -0.25) is 9.00 Å². The summed E-state index contributed by atoms with van der Waals surface area (Å²) in [6.45, 7) is 0.699. The van der Waals surface area contributed by atoms with Crippen LogP contribution in [0.3, 0.4) is 0 Å². The van der Waals surface area contributed by atoms with Crippen LogP contribution in [0, 0.1) is 0 Å². The lowest BCUT2D eigenvalue weighted by Gasteiger charge is -2.29. The molecule has 1 unspecified atom stereocenters. The number of aromatic nitrogens is 1. The first-order valence-corrected chi connectivity index (χ1v) is 10.3. The van der Waals surface area contributed by atoms with Gasteiger partial charge in [0.2, 0.25) is 5.91 Å². The summed E-state index contributed by atoms with van der Waals surface area (Å²) in [5.41, 5.74) is 3.17. The number of carbonyl (C=O) groups excluding carboxylic acids is 1. The molecule has 0 bridgehead atoms. The van der Waals surface area contributed by atoms with E-state index in [4.69, 9.17) is 0 Å². The lowest BCUT2D eigenvalue weighted by atomic mass is 10.0. The zero-order valence-corrected chi connectivity index (χ0v) is 14.9. The molecule has 1 amide bonds. The average molecular weight is 358 g/mol. The molecule has 0 radical (unpaired) electrons. The molecule has 0 saturated carbocycles. The minimum atomic E-state index is -1.37. The van der Waals surface area contributed by atoms with Gasteiger partial charge in [0.15, 0.2) is 4.34 Å². The van der Waals surface area contributed by atoms with Gasteiger partial charge < -0.3 is 4.90 Å². The van der Waals surface area contributed by atoms with E-state index >= 15 is 0 Å². The number of amides is 1. The number of para-hydroxylation sites is 1. The van der Waals surface area contributed by atoms with Crippen molar-refractivity contribution in [2.75, 3.05) is 17.2 Å². The fourth-order valence-corrected chi connectivity index (χ4v) is 5.51. The third-order valence-corrected chi connectivity index (χ3v) is 7.04. The van der Waals surface area contributed by atoms with Crippen LogP contribution in [0.15, 0.2) is 34.7 Å². The molecule has 1 atom stereocenters. The molecule has 2 aromatic rings. The van der Waals surface area contributed by atoms with E-state index < -0.39 is 10.8 Å². The van der Waals surface area contributed by atoms with Gasteiger partial charge in [0.05, 0.1) is 21.4 Å². The molecule has 24 heavy (non-hydrogen) atoms. The molecule has 124 valence electrons. The first-order chi connectivity index (χ1) is 11.7. The minimum absolute atomic E-state index is 0.00441. The van der Waals surface area contributed by atoms with Gasteiger partial charge in [-0.2, -0.15) is 0 Å². The number of carbonyl (C=O) groups is 1. The van der Waals surface area contributed by atoms with Crippen LogP contribution in [-0.2, 0) is 28.4 Å². The molecule has 0 fully saturated rings. The highest BCUT2D eigenvalue weighted by Gasteiger charge is 2.25. The van der Waals surface area contributed by atoms with Crippen LogP contribution in [-0.4, -0.2) is 27.4 Å². The molecule has 2 aliphatic rings. The number of benzene rings is 1. The fraction of sp³-hybridized carbons (Fsp3) is 0.333. The lowest BCUT2D eigenvalue weighted by Crippen LogP contribution is -2.38. The summed E-state index contributed by atoms with van der Waals surface area (Å²) in [5.74, 6) is -0.0750. The van der Waals surface area contributed by atoms with Crippen LogP contribution >= 0.6 is 11.3 Å². The second kappa shape index (κ2) is 6.61. The van der Waals surface area contributed by atoms with Gasteiger partial charge in [-0.15, -0.1) is 11.3 Å². The Kier molecular flexibility index (Phi) is 4.33. The molecular formula is C18H18N2O2S2. The molecule has 6 heteroatoms. The van der Waals surface area contributed by atoms with Gasteiger partial charge >= 0.3 is 0 Å². The summed E-state index contributed by atoms with van der Waals surface area (Å²) in [7, 11) is -1.37. The highest BCUT2D eigenvalue weighted by molar-refractivity contribution is 7.87. The Labute approximate surface area is 147 Å². The maximum atomic E-state index is 12.7. The van der Waals surface area contributed by atoms with E-state index in [9.17, 15) is 9.00 Å². The van der Waals surface area contributed by atoms with Crippen molar-refractivity contribution in [3.05, 3.63) is 46.5 Å². The second-order valence-corrected chi connectivity index (χ2v) is 8.65. The number of hydrogen-bond acceptors (Lipinski definition) is 4. The van der Waals surface area contributed by atoms with Crippen molar-refractivity contribution in [3.63, 3.8) is 0 Å². The van der Waals surface area contributed by atoms with Gasteiger partial charge in [0.1, 0.15) is 5.75 Å². The SMILES string of the molecule is O=C(CS(=O)c1nc2c(s1)C=CCC2)N1CCCc2ccccc21. The molecule has 0 N–H and O–H groups in total. The summed E-state index contributed by atoms with van der Waals surface area (Å²) in [6, 6.07) is 7.98. The van der Waals surface area contributed by atoms with Gasteiger partial charge in [-0.1, -0.05) is 24.3 Å². The monoisotopic (exact) mass is 358 g/mol. The lowest BCUT2D eigenvalue weighted by molar-refractivity contribution is -0.116. The Balaban J connectivity index is 1.51. The predicted octanol–water partition coefficient (Wildman–Crippen LogP) is 3.19. The van der Waals surface area contributed by atoms with Crippen molar-refractivity contribution >= 4 is 39.8 Å². The maximum Gasteiger partial charge on any atom is 0.240 e. The number of thiazole rings is 1. The molecular weight excluding hydrogens is 340 g/mol. The molecule has 0 saturated heterocycles. The Bertz CT molecular complexity index is 841. The second-order valence-electron chi connectivity index (χ2n) is 6.00. The highest BCUT2D eigenvalue weighted by Crippen LogP contribution is 2.29. The van der Waals surface area contributed by atoms with Crippen LogP contribution in [0.2, 0.25) is 0 Å². The van der Waals surface area contributed by atoms with Gasteiger partial charge in [0, 0.05) is 12.2 Å². The number of rotatable bonds is 3. The van der Waals surface area contributed by atoms with Crippen LogP contribution in [0.4, 0.5) is 5.69 Å². The van der Waals surface area contributed by atoms with E-state index in [2.05, 4.69) is 17.1 Å². The van der Waals surface area contributed by atoms with Crippen molar-refractivity contribution in [3.8, 4) is 0 Å². The predicted molar refractivity (Wildman–Crippen MR) is 97.9 cm³/mol.